The summed E-state index contributed by atoms with van der Waals surface area (Å²) in [5, 5.41) is 3.22. The first-order valence-corrected chi connectivity index (χ1v) is 7.79. The molecule has 0 unspecified atom stereocenters. The van der Waals surface area contributed by atoms with Crippen LogP contribution in [0.15, 0.2) is 36.9 Å². The van der Waals surface area contributed by atoms with Crippen LogP contribution >= 0.6 is 0 Å². The van der Waals surface area contributed by atoms with E-state index in [-0.39, 0.29) is 5.41 Å². The summed E-state index contributed by atoms with van der Waals surface area (Å²) in [6.45, 7) is 17.5. The summed E-state index contributed by atoms with van der Waals surface area (Å²) in [6.07, 6.45) is 3.01. The Balaban J connectivity index is 2.55. The van der Waals surface area contributed by atoms with Crippen LogP contribution in [-0.4, -0.2) is 19.7 Å². The van der Waals surface area contributed by atoms with Crippen molar-refractivity contribution in [3.8, 4) is 5.75 Å². The fraction of sp³-hybridized carbons (Fsp3) is 0.579. The molecule has 0 saturated carbocycles. The van der Waals surface area contributed by atoms with Crippen LogP contribution in [0.5, 0.6) is 5.75 Å². The number of hydrogen-bond acceptors (Lipinski definition) is 2. The number of ether oxygens (including phenoxy) is 1. The van der Waals surface area contributed by atoms with Crippen molar-refractivity contribution in [1.82, 2.24) is 5.32 Å². The van der Waals surface area contributed by atoms with Gasteiger partial charge in [0.1, 0.15) is 12.4 Å². The molecule has 0 bridgehead atoms. The molecular formula is C19H31NO. The molecule has 0 spiro atoms. The summed E-state index contributed by atoms with van der Waals surface area (Å²) in [7, 11) is 0. The van der Waals surface area contributed by atoms with Gasteiger partial charge in [0.2, 0.25) is 0 Å². The van der Waals surface area contributed by atoms with Gasteiger partial charge in [0.25, 0.3) is 0 Å². The average Bonchev–Trinajstić information content (AvgIpc) is 2.36. The lowest BCUT2D eigenvalue weighted by atomic mass is 9.72. The molecule has 2 nitrogen and oxygen atoms in total. The van der Waals surface area contributed by atoms with E-state index in [4.69, 9.17) is 4.74 Å². The lowest BCUT2D eigenvalue weighted by Crippen LogP contribution is -2.24. The van der Waals surface area contributed by atoms with Crippen molar-refractivity contribution >= 4 is 0 Å². The van der Waals surface area contributed by atoms with E-state index in [1.165, 1.54) is 5.56 Å². The number of nitrogens with one attached hydrogen (secondary N) is 1. The Bertz CT molecular complexity index is 426. The van der Waals surface area contributed by atoms with E-state index in [1.807, 2.05) is 6.08 Å². The van der Waals surface area contributed by atoms with Gasteiger partial charge in [0.15, 0.2) is 0 Å². The first-order chi connectivity index (χ1) is 9.74. The summed E-state index contributed by atoms with van der Waals surface area (Å²) < 4.78 is 5.72. The normalized spacial score (nSPS) is 12.2. The molecule has 0 amide bonds. The van der Waals surface area contributed by atoms with Crippen LogP contribution in [0, 0.1) is 5.41 Å². The van der Waals surface area contributed by atoms with Gasteiger partial charge in [-0.1, -0.05) is 52.8 Å². The highest BCUT2D eigenvalue weighted by molar-refractivity contribution is 5.31. The van der Waals surface area contributed by atoms with Gasteiger partial charge in [-0.15, -0.1) is 6.58 Å². The predicted octanol–water partition coefficient (Wildman–Crippen LogP) is 4.55. The van der Waals surface area contributed by atoms with Crippen molar-refractivity contribution in [3.05, 3.63) is 42.5 Å². The fourth-order valence-corrected chi connectivity index (χ4v) is 2.88. The zero-order chi connectivity index (χ0) is 15.9. The second kappa shape index (κ2) is 7.65. The Morgan fingerprint density at radius 1 is 1.10 bits per heavy atom. The molecule has 0 saturated heterocycles. The molecule has 0 radical (unpaired) electrons. The van der Waals surface area contributed by atoms with Crippen molar-refractivity contribution < 1.29 is 4.74 Å². The first kappa shape index (κ1) is 17.8. The van der Waals surface area contributed by atoms with E-state index in [0.717, 1.165) is 25.3 Å². The molecule has 1 aromatic rings. The van der Waals surface area contributed by atoms with Crippen molar-refractivity contribution in [2.24, 2.45) is 5.41 Å². The quantitative estimate of drug-likeness (QED) is 0.560. The summed E-state index contributed by atoms with van der Waals surface area (Å²) in [6, 6.07) is 8.54. The Kier molecular flexibility index (Phi) is 6.47. The minimum atomic E-state index is 0.183. The van der Waals surface area contributed by atoms with Gasteiger partial charge in [-0.05, 0) is 34.9 Å². The number of hydrogen-bond donors (Lipinski definition) is 1. The smallest absolute Gasteiger partial charge is 0.119 e. The highest BCUT2D eigenvalue weighted by Gasteiger charge is 2.27. The summed E-state index contributed by atoms with van der Waals surface area (Å²) >= 11 is 0. The standard InChI is InChI=1S/C19H31NO/c1-7-12-20-13-14-21-17-10-8-16(9-11-17)19(5,6)15-18(2,3)4/h7-11,20H,1,12-15H2,2-6H3. The van der Waals surface area contributed by atoms with Gasteiger partial charge < -0.3 is 10.1 Å². The van der Waals surface area contributed by atoms with E-state index in [0.29, 0.717) is 12.0 Å². The topological polar surface area (TPSA) is 21.3 Å². The third-order valence-electron chi connectivity index (χ3n) is 3.44. The highest BCUT2D eigenvalue weighted by Crippen LogP contribution is 2.36. The third-order valence-corrected chi connectivity index (χ3v) is 3.44. The summed E-state index contributed by atoms with van der Waals surface area (Å²) in [5.74, 6) is 0.936. The van der Waals surface area contributed by atoms with Gasteiger partial charge >= 0.3 is 0 Å². The van der Waals surface area contributed by atoms with Crippen LogP contribution in [0.2, 0.25) is 0 Å². The van der Waals surface area contributed by atoms with Crippen LogP contribution in [0.4, 0.5) is 0 Å². The van der Waals surface area contributed by atoms with Crippen LogP contribution in [-0.2, 0) is 5.41 Å². The molecule has 1 aromatic carbocycles. The molecule has 118 valence electrons. The Morgan fingerprint density at radius 3 is 2.24 bits per heavy atom. The SMILES string of the molecule is C=CCNCCOc1ccc(C(C)(C)CC(C)(C)C)cc1. The van der Waals surface area contributed by atoms with Crippen molar-refractivity contribution in [3.63, 3.8) is 0 Å². The fourth-order valence-electron chi connectivity index (χ4n) is 2.88. The van der Waals surface area contributed by atoms with E-state index in [9.17, 15) is 0 Å². The number of rotatable bonds is 8. The largest absolute Gasteiger partial charge is 0.492 e. The van der Waals surface area contributed by atoms with Crippen LogP contribution in [0.25, 0.3) is 0 Å². The maximum absolute atomic E-state index is 5.72. The zero-order valence-corrected chi connectivity index (χ0v) is 14.3. The monoisotopic (exact) mass is 289 g/mol. The molecule has 0 aromatic heterocycles. The minimum Gasteiger partial charge on any atom is -0.492 e. The molecule has 0 atom stereocenters. The molecule has 0 fully saturated rings. The van der Waals surface area contributed by atoms with Gasteiger partial charge in [-0.25, -0.2) is 0 Å². The Hall–Kier alpha value is -1.28. The van der Waals surface area contributed by atoms with Crippen LogP contribution in [0.1, 0.15) is 46.6 Å². The van der Waals surface area contributed by atoms with Crippen LogP contribution in [0.3, 0.4) is 0 Å². The molecule has 0 aliphatic heterocycles. The summed E-state index contributed by atoms with van der Waals surface area (Å²) in [4.78, 5) is 0. The zero-order valence-electron chi connectivity index (χ0n) is 14.3. The molecule has 2 heteroatoms. The van der Waals surface area contributed by atoms with Gasteiger partial charge in [0, 0.05) is 13.1 Å². The molecule has 1 rings (SSSR count). The number of benzene rings is 1. The maximum atomic E-state index is 5.72. The molecular weight excluding hydrogens is 258 g/mol. The molecule has 1 N–H and O–H groups in total. The predicted molar refractivity (Wildman–Crippen MR) is 92.1 cm³/mol. The van der Waals surface area contributed by atoms with Crippen molar-refractivity contribution in [1.29, 1.82) is 0 Å². The second-order valence-corrected chi connectivity index (χ2v) is 7.49. The van der Waals surface area contributed by atoms with E-state index in [2.05, 4.69) is 70.8 Å². The third kappa shape index (κ3) is 6.81. The summed E-state index contributed by atoms with van der Waals surface area (Å²) in [5.41, 5.74) is 1.88. The van der Waals surface area contributed by atoms with Crippen molar-refractivity contribution in [2.75, 3.05) is 19.7 Å². The Morgan fingerprint density at radius 2 is 1.71 bits per heavy atom. The van der Waals surface area contributed by atoms with Crippen molar-refractivity contribution in [2.45, 2.75) is 46.5 Å². The van der Waals surface area contributed by atoms with Gasteiger partial charge in [-0.2, -0.15) is 0 Å². The average molecular weight is 289 g/mol. The van der Waals surface area contributed by atoms with E-state index in [1.54, 1.807) is 0 Å². The van der Waals surface area contributed by atoms with Gasteiger partial charge in [-0.3, -0.25) is 0 Å². The van der Waals surface area contributed by atoms with Gasteiger partial charge in [0.05, 0.1) is 0 Å². The Labute approximate surface area is 130 Å². The molecule has 0 aliphatic rings. The first-order valence-electron chi connectivity index (χ1n) is 7.79. The lowest BCUT2D eigenvalue weighted by Gasteiger charge is -2.33. The second-order valence-electron chi connectivity index (χ2n) is 7.49. The molecule has 21 heavy (non-hydrogen) atoms. The van der Waals surface area contributed by atoms with Crippen LogP contribution < -0.4 is 10.1 Å². The maximum Gasteiger partial charge on any atom is 0.119 e. The van der Waals surface area contributed by atoms with E-state index >= 15 is 0 Å². The highest BCUT2D eigenvalue weighted by atomic mass is 16.5. The van der Waals surface area contributed by atoms with E-state index < -0.39 is 0 Å². The molecule has 0 aliphatic carbocycles. The lowest BCUT2D eigenvalue weighted by molar-refractivity contribution is 0.283. The minimum absolute atomic E-state index is 0.183. The molecule has 0 heterocycles.